The Morgan fingerprint density at radius 2 is 1.82 bits per heavy atom. The van der Waals surface area contributed by atoms with Gasteiger partial charge in [0, 0.05) is 6.08 Å². The van der Waals surface area contributed by atoms with Crippen molar-refractivity contribution in [2.45, 2.75) is 0 Å². The third kappa shape index (κ3) is 3.32. The van der Waals surface area contributed by atoms with E-state index in [2.05, 4.69) is 15.4 Å². The van der Waals surface area contributed by atoms with Gasteiger partial charge in [0.2, 0.25) is 5.88 Å². The molecule has 1 amide bonds. The number of rotatable bonds is 4. The molecular formula is C19H14N4O3S2. The fraction of sp³-hybridized carbons (Fsp3) is 0.0526. The molecule has 140 valence electrons. The van der Waals surface area contributed by atoms with Gasteiger partial charge in [-0.2, -0.15) is 4.68 Å². The minimum absolute atomic E-state index is 0.188. The summed E-state index contributed by atoms with van der Waals surface area (Å²) < 4.78 is 6.64. The SMILES string of the molecule is COc1ccccc1C(=O)Nn1c(O)c(C=C2N=c3ccccc3=N2)sc1=S. The number of methoxy groups -OCH3 is 1. The van der Waals surface area contributed by atoms with Crippen molar-refractivity contribution in [2.75, 3.05) is 12.5 Å². The first-order chi connectivity index (χ1) is 13.6. The monoisotopic (exact) mass is 410 g/mol. The molecule has 0 atom stereocenters. The van der Waals surface area contributed by atoms with Crippen LogP contribution in [0.5, 0.6) is 11.6 Å². The number of amides is 1. The van der Waals surface area contributed by atoms with E-state index < -0.39 is 5.91 Å². The van der Waals surface area contributed by atoms with Crippen LogP contribution in [0.1, 0.15) is 15.2 Å². The van der Waals surface area contributed by atoms with Crippen LogP contribution < -0.4 is 20.9 Å². The third-order valence-electron chi connectivity index (χ3n) is 3.99. The van der Waals surface area contributed by atoms with Crippen LogP contribution in [0.2, 0.25) is 0 Å². The zero-order valence-electron chi connectivity index (χ0n) is 14.6. The summed E-state index contributed by atoms with van der Waals surface area (Å²) >= 11 is 6.42. The Morgan fingerprint density at radius 1 is 1.18 bits per heavy atom. The number of ether oxygens (including phenoxy) is 1. The minimum atomic E-state index is -0.455. The van der Waals surface area contributed by atoms with Gasteiger partial charge in [0.05, 0.1) is 28.3 Å². The lowest BCUT2D eigenvalue weighted by Gasteiger charge is -2.10. The molecule has 0 bridgehead atoms. The van der Waals surface area contributed by atoms with Crippen LogP contribution in [-0.2, 0) is 0 Å². The quantitative estimate of drug-likeness (QED) is 0.647. The number of hydrogen-bond donors (Lipinski definition) is 2. The van der Waals surface area contributed by atoms with Crippen LogP contribution in [0.4, 0.5) is 0 Å². The van der Waals surface area contributed by atoms with Crippen LogP contribution >= 0.6 is 23.6 Å². The number of nitrogens with zero attached hydrogens (tertiary/aromatic N) is 3. The molecule has 4 rings (SSSR count). The van der Waals surface area contributed by atoms with Gasteiger partial charge in [0.25, 0.3) is 5.91 Å². The highest BCUT2D eigenvalue weighted by Crippen LogP contribution is 2.28. The average Bonchev–Trinajstić information content (AvgIpc) is 3.23. The number of hydrogen-bond acceptors (Lipinski definition) is 7. The van der Waals surface area contributed by atoms with Crippen molar-refractivity contribution >= 4 is 35.5 Å². The average molecular weight is 410 g/mol. The number of nitrogens with one attached hydrogen (secondary N) is 1. The fourth-order valence-corrected chi connectivity index (χ4v) is 3.84. The molecule has 0 radical (unpaired) electrons. The standard InChI is InChI=1S/C19H14N4O3S2/c1-26-14-9-5-2-6-11(14)17(24)22-23-18(25)15(28-19(23)27)10-16-20-12-7-3-4-8-13(12)21-16/h2-10,25H,1H3,(H,22,24). The minimum Gasteiger partial charge on any atom is -0.496 e. The van der Waals surface area contributed by atoms with Gasteiger partial charge in [0.15, 0.2) is 9.78 Å². The van der Waals surface area contributed by atoms with E-state index in [-0.39, 0.29) is 9.83 Å². The summed E-state index contributed by atoms with van der Waals surface area (Å²) in [6.45, 7) is 0. The summed E-state index contributed by atoms with van der Waals surface area (Å²) in [4.78, 5) is 21.8. The zero-order valence-corrected chi connectivity index (χ0v) is 16.3. The van der Waals surface area contributed by atoms with Crippen LogP contribution in [0, 0.1) is 3.95 Å². The third-order valence-corrected chi connectivity index (χ3v) is 5.30. The maximum absolute atomic E-state index is 12.6. The summed E-state index contributed by atoms with van der Waals surface area (Å²) in [6.07, 6.45) is 1.63. The first-order valence-corrected chi connectivity index (χ1v) is 9.42. The Labute approximate surface area is 168 Å². The molecule has 2 heterocycles. The largest absolute Gasteiger partial charge is 0.496 e. The lowest BCUT2D eigenvalue weighted by atomic mass is 10.2. The molecule has 0 spiro atoms. The summed E-state index contributed by atoms with van der Waals surface area (Å²) in [5.41, 5.74) is 2.92. The molecule has 1 aliphatic rings. The molecule has 28 heavy (non-hydrogen) atoms. The molecule has 0 unspecified atom stereocenters. The van der Waals surface area contributed by atoms with Crippen molar-refractivity contribution < 1.29 is 14.6 Å². The van der Waals surface area contributed by atoms with E-state index in [0.29, 0.717) is 22.0 Å². The molecule has 0 aliphatic carbocycles. The number of para-hydroxylation sites is 3. The maximum Gasteiger partial charge on any atom is 0.274 e. The highest BCUT2D eigenvalue weighted by Gasteiger charge is 2.17. The van der Waals surface area contributed by atoms with E-state index in [1.807, 2.05) is 24.3 Å². The second kappa shape index (κ2) is 7.37. The number of aromatic nitrogens is 1. The van der Waals surface area contributed by atoms with E-state index in [9.17, 15) is 9.90 Å². The Kier molecular flexibility index (Phi) is 4.76. The van der Waals surface area contributed by atoms with Gasteiger partial charge in [-0.3, -0.25) is 10.2 Å². The summed E-state index contributed by atoms with van der Waals surface area (Å²) in [7, 11) is 1.48. The molecule has 0 saturated heterocycles. The van der Waals surface area contributed by atoms with Gasteiger partial charge in [-0.05, 0) is 36.5 Å². The highest BCUT2D eigenvalue weighted by atomic mass is 32.1. The van der Waals surface area contributed by atoms with Crippen molar-refractivity contribution in [2.24, 2.45) is 9.98 Å². The van der Waals surface area contributed by atoms with Crippen molar-refractivity contribution in [3.05, 3.63) is 79.5 Å². The predicted octanol–water partition coefficient (Wildman–Crippen LogP) is 2.63. The molecule has 1 aliphatic heterocycles. The highest BCUT2D eigenvalue weighted by molar-refractivity contribution is 7.73. The molecule has 2 N–H and O–H groups in total. The Bertz CT molecular complexity index is 1250. The lowest BCUT2D eigenvalue weighted by molar-refractivity contribution is 0.100. The number of thiazole rings is 1. The maximum atomic E-state index is 12.6. The number of aromatic hydroxyl groups is 1. The molecule has 2 aromatic carbocycles. The van der Waals surface area contributed by atoms with Crippen molar-refractivity contribution in [1.29, 1.82) is 0 Å². The Balaban J connectivity index is 1.65. The van der Waals surface area contributed by atoms with Crippen LogP contribution in [0.25, 0.3) is 6.08 Å². The van der Waals surface area contributed by atoms with Crippen molar-refractivity contribution in [3.63, 3.8) is 0 Å². The van der Waals surface area contributed by atoms with Gasteiger partial charge in [-0.15, -0.1) is 0 Å². The molecule has 0 saturated carbocycles. The molecule has 3 aromatic rings. The number of fused-ring (bicyclic) bond motifs is 1. The van der Waals surface area contributed by atoms with Gasteiger partial charge in [-0.1, -0.05) is 35.6 Å². The van der Waals surface area contributed by atoms with Crippen LogP contribution in [0.15, 0.2) is 64.3 Å². The predicted molar refractivity (Wildman–Crippen MR) is 108 cm³/mol. The van der Waals surface area contributed by atoms with Gasteiger partial charge in [0.1, 0.15) is 5.75 Å². The zero-order chi connectivity index (χ0) is 19.7. The van der Waals surface area contributed by atoms with Gasteiger partial charge < -0.3 is 9.84 Å². The van der Waals surface area contributed by atoms with E-state index in [0.717, 1.165) is 26.7 Å². The van der Waals surface area contributed by atoms with Crippen molar-refractivity contribution in [3.8, 4) is 11.6 Å². The number of benzene rings is 2. The lowest BCUT2D eigenvalue weighted by Crippen LogP contribution is -2.23. The molecular weight excluding hydrogens is 396 g/mol. The number of carbonyl (C=O) groups is 1. The smallest absolute Gasteiger partial charge is 0.274 e. The van der Waals surface area contributed by atoms with Gasteiger partial charge in [-0.25, -0.2) is 9.98 Å². The van der Waals surface area contributed by atoms with Crippen LogP contribution in [0.3, 0.4) is 0 Å². The molecule has 0 fully saturated rings. The van der Waals surface area contributed by atoms with Crippen molar-refractivity contribution in [1.82, 2.24) is 4.68 Å². The van der Waals surface area contributed by atoms with Gasteiger partial charge >= 0.3 is 0 Å². The first-order valence-electron chi connectivity index (χ1n) is 8.20. The van der Waals surface area contributed by atoms with Crippen LogP contribution in [-0.4, -0.2) is 22.8 Å². The summed E-state index contributed by atoms with van der Waals surface area (Å²) in [5, 5.41) is 12.1. The normalized spacial score (nSPS) is 12.0. The molecule has 1 aromatic heterocycles. The molecule has 9 heteroatoms. The summed E-state index contributed by atoms with van der Waals surface area (Å²) in [6, 6.07) is 14.3. The topological polar surface area (TPSA) is 88.2 Å². The first kappa shape index (κ1) is 18.1. The number of carbonyl (C=O) groups excluding carboxylic acids is 1. The van der Waals surface area contributed by atoms with E-state index >= 15 is 0 Å². The molecule has 7 nitrogen and oxygen atoms in total. The Hall–Kier alpha value is -3.30. The summed E-state index contributed by atoms with van der Waals surface area (Å²) in [5.74, 6) is 0.233. The second-order valence-corrected chi connectivity index (χ2v) is 7.42. The second-order valence-electron chi connectivity index (χ2n) is 5.75. The van der Waals surface area contributed by atoms with E-state index in [1.54, 1.807) is 30.3 Å². The van der Waals surface area contributed by atoms with E-state index in [1.165, 1.54) is 7.11 Å². The Morgan fingerprint density at radius 3 is 2.50 bits per heavy atom. The van der Waals surface area contributed by atoms with E-state index in [4.69, 9.17) is 17.0 Å². The fourth-order valence-electron chi connectivity index (χ4n) is 2.68.